The molecule has 3 heteroatoms. The van der Waals surface area contributed by atoms with Crippen molar-refractivity contribution in [2.24, 2.45) is 0 Å². The molecule has 4 rings (SSSR count). The van der Waals surface area contributed by atoms with Crippen LogP contribution in [-0.4, -0.2) is 12.8 Å². The van der Waals surface area contributed by atoms with Crippen LogP contribution in [0.4, 0.5) is 5.69 Å². The highest BCUT2D eigenvalue weighted by Gasteiger charge is 2.38. The molecule has 0 bridgehead atoms. The van der Waals surface area contributed by atoms with Crippen LogP contribution >= 0.6 is 0 Å². The van der Waals surface area contributed by atoms with Crippen LogP contribution in [0, 0.1) is 0 Å². The molecule has 0 unspecified atom stereocenters. The van der Waals surface area contributed by atoms with Gasteiger partial charge in [-0.3, -0.25) is 4.79 Å². The van der Waals surface area contributed by atoms with Gasteiger partial charge in [-0.1, -0.05) is 50.2 Å². The number of rotatable bonds is 2. The molecule has 0 aliphatic carbocycles. The molecule has 0 spiro atoms. The lowest BCUT2D eigenvalue weighted by Gasteiger charge is -2.23. The molecular weight excluding hydrogens is 298 g/mol. The topological polar surface area (TPSA) is 33.5 Å². The minimum atomic E-state index is -0.215. The highest BCUT2D eigenvalue weighted by atomic mass is 16.3. The first-order valence-corrected chi connectivity index (χ1v) is 8.07. The second-order valence-electron chi connectivity index (χ2n) is 6.74. The minimum Gasteiger partial charge on any atom is -0.453 e. The Morgan fingerprint density at radius 2 is 1.79 bits per heavy atom. The van der Waals surface area contributed by atoms with E-state index >= 15 is 0 Å². The van der Waals surface area contributed by atoms with Crippen molar-refractivity contribution in [2.75, 3.05) is 11.9 Å². The highest BCUT2D eigenvalue weighted by Crippen LogP contribution is 2.46. The third kappa shape index (κ3) is 2.08. The zero-order valence-corrected chi connectivity index (χ0v) is 14.0. The number of hydrogen-bond acceptors (Lipinski definition) is 3. The number of carbonyl (C=O) groups is 1. The lowest BCUT2D eigenvalue weighted by atomic mass is 9.83. The van der Waals surface area contributed by atoms with E-state index in [0.29, 0.717) is 5.76 Å². The van der Waals surface area contributed by atoms with Crippen molar-refractivity contribution < 1.29 is 9.21 Å². The number of hydrogen-bond donors (Lipinski definition) is 0. The number of carbonyl (C=O) groups excluding carboxylic acids is 1. The van der Waals surface area contributed by atoms with E-state index in [1.807, 2.05) is 49.5 Å². The maximum absolute atomic E-state index is 12.8. The van der Waals surface area contributed by atoms with Crippen molar-refractivity contribution in [3.8, 4) is 0 Å². The molecule has 0 N–H and O–H groups in total. The van der Waals surface area contributed by atoms with Crippen molar-refractivity contribution in [3.63, 3.8) is 0 Å². The zero-order chi connectivity index (χ0) is 16.9. The average Bonchev–Trinajstić information content (AvgIpc) is 3.09. The van der Waals surface area contributed by atoms with E-state index in [0.717, 1.165) is 22.4 Å². The van der Waals surface area contributed by atoms with Crippen molar-refractivity contribution in [2.45, 2.75) is 19.3 Å². The standard InChI is InChI=1S/C21H19NO2/c1-21(2)15-9-5-6-10-16(15)22(3)20(21)13-17(23)19-12-14-8-4-7-11-18(14)24-19/h4-13H,1-3H3/b20-13-. The van der Waals surface area contributed by atoms with Gasteiger partial charge in [0.05, 0.1) is 0 Å². The Labute approximate surface area is 141 Å². The molecule has 0 radical (unpaired) electrons. The first-order chi connectivity index (χ1) is 11.5. The van der Waals surface area contributed by atoms with Gasteiger partial charge in [0.1, 0.15) is 5.58 Å². The van der Waals surface area contributed by atoms with Crippen molar-refractivity contribution >= 4 is 22.4 Å². The number of ketones is 1. The molecule has 1 aromatic heterocycles. The lowest BCUT2D eigenvalue weighted by molar-refractivity contribution is 0.102. The van der Waals surface area contributed by atoms with Crippen LogP contribution in [0.3, 0.4) is 0 Å². The van der Waals surface area contributed by atoms with Crippen LogP contribution in [0.1, 0.15) is 30.0 Å². The van der Waals surface area contributed by atoms with E-state index in [1.165, 1.54) is 5.56 Å². The van der Waals surface area contributed by atoms with Crippen LogP contribution < -0.4 is 4.90 Å². The Bertz CT molecular complexity index is 945. The molecule has 120 valence electrons. The molecule has 2 aromatic carbocycles. The Hall–Kier alpha value is -2.81. The molecule has 0 saturated carbocycles. The Balaban J connectivity index is 1.76. The van der Waals surface area contributed by atoms with Crippen LogP contribution in [0.5, 0.6) is 0 Å². The van der Waals surface area contributed by atoms with Crippen molar-refractivity contribution in [1.82, 2.24) is 0 Å². The van der Waals surface area contributed by atoms with Crippen LogP contribution in [0.25, 0.3) is 11.0 Å². The molecule has 1 aliphatic rings. The molecular formula is C21H19NO2. The summed E-state index contributed by atoms with van der Waals surface area (Å²) >= 11 is 0. The van der Waals surface area contributed by atoms with Crippen LogP contribution in [0.15, 0.2) is 70.8 Å². The predicted octanol–water partition coefficient (Wildman–Crippen LogP) is 4.93. The maximum Gasteiger partial charge on any atom is 0.222 e. The molecule has 3 nitrogen and oxygen atoms in total. The van der Waals surface area contributed by atoms with Crippen LogP contribution in [-0.2, 0) is 5.41 Å². The minimum absolute atomic E-state index is 0.103. The summed E-state index contributed by atoms with van der Waals surface area (Å²) in [5.41, 5.74) is 3.88. The number of fused-ring (bicyclic) bond motifs is 2. The summed E-state index contributed by atoms with van der Waals surface area (Å²) in [4.78, 5) is 14.9. The fourth-order valence-corrected chi connectivity index (χ4v) is 3.56. The molecule has 0 saturated heterocycles. The molecule has 0 atom stereocenters. The summed E-state index contributed by atoms with van der Waals surface area (Å²) in [7, 11) is 2.01. The number of furan rings is 1. The summed E-state index contributed by atoms with van der Waals surface area (Å²) < 4.78 is 5.71. The summed E-state index contributed by atoms with van der Waals surface area (Å²) in [5.74, 6) is 0.276. The van der Waals surface area contributed by atoms with E-state index in [1.54, 1.807) is 6.08 Å². The Kier molecular flexibility index (Phi) is 3.14. The maximum atomic E-state index is 12.8. The van der Waals surface area contributed by atoms with Gasteiger partial charge in [-0.15, -0.1) is 0 Å². The zero-order valence-electron chi connectivity index (χ0n) is 14.0. The molecule has 1 aliphatic heterocycles. The first kappa shape index (κ1) is 14.8. The van der Waals surface area contributed by atoms with Gasteiger partial charge in [0.15, 0.2) is 5.76 Å². The molecule has 2 heterocycles. The summed E-state index contributed by atoms with van der Waals surface area (Å²) in [6.45, 7) is 4.29. The Morgan fingerprint density at radius 3 is 2.54 bits per heavy atom. The summed E-state index contributed by atoms with van der Waals surface area (Å²) in [5, 5.41) is 0.946. The fraction of sp³-hybridized carbons (Fsp3) is 0.190. The van der Waals surface area contributed by atoms with Gasteiger partial charge in [-0.2, -0.15) is 0 Å². The monoisotopic (exact) mass is 317 g/mol. The second kappa shape index (κ2) is 5.10. The highest BCUT2D eigenvalue weighted by molar-refractivity contribution is 6.06. The summed E-state index contributed by atoms with van der Waals surface area (Å²) in [6, 6.07) is 17.8. The number of benzene rings is 2. The number of nitrogens with zero attached hydrogens (tertiary/aromatic N) is 1. The SMILES string of the molecule is CN1/C(=C\C(=O)c2cc3ccccc3o2)C(C)(C)c2ccccc21. The number of para-hydroxylation sites is 2. The number of likely N-dealkylation sites (N-methyl/N-ethyl adjacent to an activating group) is 1. The van der Waals surface area contributed by atoms with Gasteiger partial charge in [-0.25, -0.2) is 0 Å². The molecule has 24 heavy (non-hydrogen) atoms. The molecule has 0 fully saturated rings. The molecule has 0 amide bonds. The van der Waals surface area contributed by atoms with E-state index in [9.17, 15) is 4.79 Å². The smallest absolute Gasteiger partial charge is 0.222 e. The van der Waals surface area contributed by atoms with E-state index in [4.69, 9.17) is 4.42 Å². The second-order valence-corrected chi connectivity index (χ2v) is 6.74. The van der Waals surface area contributed by atoms with Crippen LogP contribution in [0.2, 0.25) is 0 Å². The lowest BCUT2D eigenvalue weighted by Crippen LogP contribution is -2.24. The van der Waals surface area contributed by atoms with Gasteiger partial charge in [0.2, 0.25) is 5.78 Å². The first-order valence-electron chi connectivity index (χ1n) is 8.07. The average molecular weight is 317 g/mol. The Morgan fingerprint density at radius 1 is 1.08 bits per heavy atom. The molecule has 3 aromatic rings. The van der Waals surface area contributed by atoms with Gasteiger partial charge < -0.3 is 9.32 Å². The van der Waals surface area contributed by atoms with Crippen molar-refractivity contribution in [3.05, 3.63) is 77.7 Å². The van der Waals surface area contributed by atoms with Gasteiger partial charge in [0, 0.05) is 35.3 Å². The number of anilines is 1. The summed E-state index contributed by atoms with van der Waals surface area (Å²) in [6.07, 6.45) is 1.71. The fourth-order valence-electron chi connectivity index (χ4n) is 3.56. The quantitative estimate of drug-likeness (QED) is 0.496. The van der Waals surface area contributed by atoms with Crippen molar-refractivity contribution in [1.29, 1.82) is 0 Å². The van der Waals surface area contributed by atoms with E-state index in [-0.39, 0.29) is 11.2 Å². The predicted molar refractivity (Wildman–Crippen MR) is 96.5 cm³/mol. The largest absolute Gasteiger partial charge is 0.453 e. The third-order valence-corrected chi connectivity index (χ3v) is 4.88. The normalized spacial score (nSPS) is 17.5. The van der Waals surface area contributed by atoms with E-state index in [2.05, 4.69) is 30.9 Å². The third-order valence-electron chi connectivity index (χ3n) is 4.88. The van der Waals surface area contributed by atoms with Gasteiger partial charge in [-0.05, 0) is 23.8 Å². The van der Waals surface area contributed by atoms with Gasteiger partial charge in [0.25, 0.3) is 0 Å². The van der Waals surface area contributed by atoms with E-state index < -0.39 is 0 Å². The number of allylic oxidation sites excluding steroid dienone is 2. The van der Waals surface area contributed by atoms with Gasteiger partial charge >= 0.3 is 0 Å².